The summed E-state index contributed by atoms with van der Waals surface area (Å²) < 4.78 is 20.5. The van der Waals surface area contributed by atoms with Crippen molar-refractivity contribution in [2.75, 3.05) is 4.90 Å². The van der Waals surface area contributed by atoms with Crippen LogP contribution in [0, 0.1) is 12.7 Å². The van der Waals surface area contributed by atoms with E-state index < -0.39 is 17.8 Å². The van der Waals surface area contributed by atoms with Gasteiger partial charge in [-0.05, 0) is 25.1 Å². The average Bonchev–Trinajstić information content (AvgIpc) is 3.24. The van der Waals surface area contributed by atoms with Crippen molar-refractivity contribution in [3.05, 3.63) is 86.5 Å². The van der Waals surface area contributed by atoms with E-state index in [9.17, 15) is 14.0 Å². The van der Waals surface area contributed by atoms with Crippen molar-refractivity contribution in [1.82, 2.24) is 10.2 Å². The van der Waals surface area contributed by atoms with E-state index in [1.807, 2.05) is 0 Å². The standard InChI is InChI=1S/C20H12FN3O3S/c1-10-22-23-20(28-10)24-16(11-6-2-4-8-13(11)21)15-17(25)12-7-3-5-9-14(12)27-18(15)19(24)26/h2-9,16H,1H3/t16-/m1/s1. The Morgan fingerprint density at radius 1 is 1.07 bits per heavy atom. The van der Waals surface area contributed by atoms with Gasteiger partial charge in [0.1, 0.15) is 22.4 Å². The number of carbonyl (C=O) groups excluding carboxylic acids is 1. The van der Waals surface area contributed by atoms with Gasteiger partial charge in [-0.1, -0.05) is 41.7 Å². The summed E-state index contributed by atoms with van der Waals surface area (Å²) in [6.45, 7) is 1.75. The van der Waals surface area contributed by atoms with Gasteiger partial charge in [-0.15, -0.1) is 10.2 Å². The molecule has 0 bridgehead atoms. The van der Waals surface area contributed by atoms with Gasteiger partial charge < -0.3 is 4.42 Å². The van der Waals surface area contributed by atoms with Crippen molar-refractivity contribution in [2.45, 2.75) is 13.0 Å². The van der Waals surface area contributed by atoms with Gasteiger partial charge in [0.05, 0.1) is 10.9 Å². The number of carbonyl (C=O) groups is 1. The zero-order chi connectivity index (χ0) is 19.4. The molecule has 1 aliphatic rings. The van der Waals surface area contributed by atoms with Crippen molar-refractivity contribution in [2.24, 2.45) is 0 Å². The van der Waals surface area contributed by atoms with Crippen LogP contribution in [-0.4, -0.2) is 16.1 Å². The maximum Gasteiger partial charge on any atom is 0.297 e. The molecule has 1 amide bonds. The molecule has 0 saturated heterocycles. The van der Waals surface area contributed by atoms with E-state index in [0.29, 0.717) is 16.0 Å². The Bertz CT molecular complexity index is 1310. The fraction of sp³-hybridized carbons (Fsp3) is 0.100. The highest BCUT2D eigenvalue weighted by Crippen LogP contribution is 2.42. The Labute approximate surface area is 161 Å². The molecule has 0 aliphatic carbocycles. The number of hydrogen-bond acceptors (Lipinski definition) is 6. The first kappa shape index (κ1) is 16.8. The fourth-order valence-corrected chi connectivity index (χ4v) is 4.21. The second-order valence-electron chi connectivity index (χ2n) is 6.37. The molecule has 3 heterocycles. The summed E-state index contributed by atoms with van der Waals surface area (Å²) in [6, 6.07) is 11.8. The van der Waals surface area contributed by atoms with E-state index in [2.05, 4.69) is 10.2 Å². The van der Waals surface area contributed by atoms with Crippen molar-refractivity contribution >= 4 is 33.3 Å². The number of hydrogen-bond donors (Lipinski definition) is 0. The maximum atomic E-state index is 14.7. The molecule has 4 aromatic rings. The van der Waals surface area contributed by atoms with Gasteiger partial charge in [0.15, 0.2) is 5.43 Å². The molecule has 138 valence electrons. The molecule has 1 atom stereocenters. The number of rotatable bonds is 2. The molecular weight excluding hydrogens is 381 g/mol. The summed E-state index contributed by atoms with van der Waals surface area (Å²) in [4.78, 5) is 27.7. The lowest BCUT2D eigenvalue weighted by molar-refractivity contribution is 0.0970. The molecule has 0 radical (unpaired) electrons. The first-order valence-corrected chi connectivity index (χ1v) is 9.31. The largest absolute Gasteiger partial charge is 0.450 e. The van der Waals surface area contributed by atoms with Gasteiger partial charge >= 0.3 is 0 Å². The summed E-state index contributed by atoms with van der Waals surface area (Å²) in [5, 5.41) is 9.27. The number of anilines is 1. The van der Waals surface area contributed by atoms with E-state index in [-0.39, 0.29) is 27.4 Å². The third-order valence-electron chi connectivity index (χ3n) is 4.70. The van der Waals surface area contributed by atoms with Crippen LogP contribution in [0.4, 0.5) is 9.52 Å². The predicted molar refractivity (Wildman–Crippen MR) is 102 cm³/mol. The summed E-state index contributed by atoms with van der Waals surface area (Å²) in [7, 11) is 0. The predicted octanol–water partition coefficient (Wildman–Crippen LogP) is 3.84. The molecular formula is C20H12FN3O3S. The Morgan fingerprint density at radius 3 is 2.57 bits per heavy atom. The number of para-hydroxylation sites is 1. The van der Waals surface area contributed by atoms with Crippen LogP contribution in [0.1, 0.15) is 32.7 Å². The van der Waals surface area contributed by atoms with Gasteiger partial charge in [-0.25, -0.2) is 4.39 Å². The summed E-state index contributed by atoms with van der Waals surface area (Å²) in [6.07, 6.45) is 0. The number of aryl methyl sites for hydroxylation is 1. The first-order chi connectivity index (χ1) is 13.6. The van der Waals surface area contributed by atoms with Crippen LogP contribution < -0.4 is 10.3 Å². The van der Waals surface area contributed by atoms with Gasteiger partial charge in [0.25, 0.3) is 5.91 Å². The highest BCUT2D eigenvalue weighted by atomic mass is 32.1. The molecule has 5 rings (SSSR count). The lowest BCUT2D eigenvalue weighted by Crippen LogP contribution is -2.30. The van der Waals surface area contributed by atoms with Crippen LogP contribution >= 0.6 is 11.3 Å². The van der Waals surface area contributed by atoms with Crippen molar-refractivity contribution in [3.63, 3.8) is 0 Å². The highest BCUT2D eigenvalue weighted by Gasteiger charge is 2.45. The van der Waals surface area contributed by atoms with Crippen molar-refractivity contribution in [3.8, 4) is 0 Å². The van der Waals surface area contributed by atoms with E-state index in [1.165, 1.54) is 22.3 Å². The van der Waals surface area contributed by atoms with Crippen LogP contribution in [-0.2, 0) is 0 Å². The molecule has 0 saturated carbocycles. The van der Waals surface area contributed by atoms with E-state index in [4.69, 9.17) is 4.42 Å². The Hall–Kier alpha value is -3.39. The van der Waals surface area contributed by atoms with E-state index in [0.717, 1.165) is 0 Å². The molecule has 1 aliphatic heterocycles. The van der Waals surface area contributed by atoms with Gasteiger partial charge in [-0.2, -0.15) is 0 Å². The summed E-state index contributed by atoms with van der Waals surface area (Å²) in [5.41, 5.74) is 0.260. The highest BCUT2D eigenvalue weighted by molar-refractivity contribution is 7.15. The topological polar surface area (TPSA) is 76.3 Å². The van der Waals surface area contributed by atoms with Gasteiger partial charge in [0.2, 0.25) is 10.9 Å². The van der Waals surface area contributed by atoms with Gasteiger partial charge in [-0.3, -0.25) is 14.5 Å². The van der Waals surface area contributed by atoms with Crippen LogP contribution in [0.2, 0.25) is 0 Å². The number of fused-ring (bicyclic) bond motifs is 2. The second kappa shape index (κ2) is 6.07. The van der Waals surface area contributed by atoms with Crippen LogP contribution in [0.3, 0.4) is 0 Å². The SMILES string of the molecule is Cc1nnc(N2C(=O)c3oc4ccccc4c(=O)c3[C@H]2c2ccccc2F)s1. The molecule has 28 heavy (non-hydrogen) atoms. The molecule has 8 heteroatoms. The first-order valence-electron chi connectivity index (χ1n) is 8.50. The van der Waals surface area contributed by atoms with Crippen LogP contribution in [0.15, 0.2) is 57.7 Å². The van der Waals surface area contributed by atoms with Crippen molar-refractivity contribution in [1.29, 1.82) is 0 Å². The molecule has 6 nitrogen and oxygen atoms in total. The monoisotopic (exact) mass is 393 g/mol. The van der Waals surface area contributed by atoms with Crippen molar-refractivity contribution < 1.29 is 13.6 Å². The lowest BCUT2D eigenvalue weighted by Gasteiger charge is -2.22. The third kappa shape index (κ3) is 2.31. The molecule has 0 fully saturated rings. The minimum absolute atomic E-state index is 0.0928. The van der Waals surface area contributed by atoms with Crippen LogP contribution in [0.25, 0.3) is 11.0 Å². The number of benzene rings is 2. The minimum atomic E-state index is -0.975. The number of aromatic nitrogens is 2. The molecule has 2 aromatic heterocycles. The normalized spacial score (nSPS) is 16.0. The Kier molecular flexibility index (Phi) is 3.63. The molecule has 0 spiro atoms. The quantitative estimate of drug-likeness (QED) is 0.517. The summed E-state index contributed by atoms with van der Waals surface area (Å²) >= 11 is 1.19. The second-order valence-corrected chi connectivity index (χ2v) is 7.53. The molecule has 0 unspecified atom stereocenters. The summed E-state index contributed by atoms with van der Waals surface area (Å²) in [5.74, 6) is -1.15. The lowest BCUT2D eigenvalue weighted by atomic mass is 9.98. The Morgan fingerprint density at radius 2 is 1.82 bits per heavy atom. The van der Waals surface area contributed by atoms with E-state index in [1.54, 1.807) is 49.4 Å². The van der Waals surface area contributed by atoms with Crippen LogP contribution in [0.5, 0.6) is 0 Å². The number of nitrogens with zero attached hydrogens (tertiary/aromatic N) is 3. The van der Waals surface area contributed by atoms with E-state index >= 15 is 0 Å². The number of amides is 1. The fourth-order valence-electron chi connectivity index (χ4n) is 3.49. The molecule has 0 N–H and O–H groups in total. The molecule has 2 aromatic carbocycles. The maximum absolute atomic E-state index is 14.7. The minimum Gasteiger partial charge on any atom is -0.450 e. The average molecular weight is 393 g/mol. The van der Waals surface area contributed by atoms with Gasteiger partial charge in [0, 0.05) is 5.56 Å². The third-order valence-corrected chi connectivity index (χ3v) is 5.54. The zero-order valence-corrected chi connectivity index (χ0v) is 15.4. The smallest absolute Gasteiger partial charge is 0.297 e. The zero-order valence-electron chi connectivity index (χ0n) is 14.5. The Balaban J connectivity index is 1.86. The number of halogens is 1.